The number of amides is 1. The number of rotatable bonds is 4. The van der Waals surface area contributed by atoms with Crippen LogP contribution in [0, 0.1) is 0 Å². The molecule has 1 aromatic heterocycles. The molecule has 0 fully saturated rings. The van der Waals surface area contributed by atoms with E-state index in [1.165, 1.54) is 0 Å². The minimum atomic E-state index is -0.324. The fraction of sp³-hybridized carbons (Fsp3) is 0. The molecule has 1 N–H and O–H groups in total. The molecule has 1 amide bonds. The predicted molar refractivity (Wildman–Crippen MR) is 94.1 cm³/mol. The third-order valence-electron chi connectivity index (χ3n) is 3.07. The molecule has 120 valence electrons. The van der Waals surface area contributed by atoms with Crippen molar-refractivity contribution in [3.05, 3.63) is 75.6 Å². The molecule has 0 aliphatic rings. The standard InChI is InChI=1S/C17H11Cl2N3O2/c18-13-8-6-11(14(19)10-13)7-9-15-21-22-17(24-15)20-16(23)12-4-2-1-3-5-12/h1-10H,(H,20,22,23). The Morgan fingerprint density at radius 1 is 1.04 bits per heavy atom. The molecule has 5 nitrogen and oxygen atoms in total. The summed E-state index contributed by atoms with van der Waals surface area (Å²) in [6.45, 7) is 0. The van der Waals surface area contributed by atoms with Crippen LogP contribution in [0.3, 0.4) is 0 Å². The third-order valence-corrected chi connectivity index (χ3v) is 3.63. The minimum absolute atomic E-state index is 0.0192. The molecular formula is C17H11Cl2N3O2. The molecule has 0 aliphatic carbocycles. The van der Waals surface area contributed by atoms with Gasteiger partial charge < -0.3 is 4.42 Å². The van der Waals surface area contributed by atoms with Crippen LogP contribution in [0.2, 0.25) is 10.0 Å². The number of hydrogen-bond donors (Lipinski definition) is 1. The van der Waals surface area contributed by atoms with Crippen molar-refractivity contribution in [2.75, 3.05) is 5.32 Å². The molecule has 3 rings (SSSR count). The Kier molecular flexibility index (Phi) is 4.93. The lowest BCUT2D eigenvalue weighted by Gasteiger charge is -1.99. The highest BCUT2D eigenvalue weighted by atomic mass is 35.5. The SMILES string of the molecule is O=C(Nc1nnc(C=Cc2ccc(Cl)cc2Cl)o1)c1ccccc1. The summed E-state index contributed by atoms with van der Waals surface area (Å²) in [5, 5.41) is 11.2. The first kappa shape index (κ1) is 16.2. The van der Waals surface area contributed by atoms with E-state index < -0.39 is 0 Å². The second-order valence-corrected chi connectivity index (χ2v) is 5.61. The average molecular weight is 360 g/mol. The predicted octanol–water partition coefficient (Wildman–Crippen LogP) is 4.80. The molecule has 0 spiro atoms. The number of halogens is 2. The van der Waals surface area contributed by atoms with Gasteiger partial charge in [-0.3, -0.25) is 10.1 Å². The van der Waals surface area contributed by atoms with Crippen molar-refractivity contribution < 1.29 is 9.21 Å². The Morgan fingerprint density at radius 3 is 2.58 bits per heavy atom. The Hall–Kier alpha value is -2.63. The summed E-state index contributed by atoms with van der Waals surface area (Å²) in [6, 6.07) is 13.9. The molecule has 0 bridgehead atoms. The maximum atomic E-state index is 12.0. The molecule has 1 heterocycles. The van der Waals surface area contributed by atoms with E-state index in [0.29, 0.717) is 15.6 Å². The van der Waals surface area contributed by atoms with Gasteiger partial charge in [-0.05, 0) is 35.9 Å². The van der Waals surface area contributed by atoms with Crippen LogP contribution in [-0.2, 0) is 0 Å². The maximum Gasteiger partial charge on any atom is 0.322 e. The van der Waals surface area contributed by atoms with Gasteiger partial charge in [-0.1, -0.05) is 52.6 Å². The number of anilines is 1. The summed E-state index contributed by atoms with van der Waals surface area (Å²) < 4.78 is 5.35. The van der Waals surface area contributed by atoms with Crippen molar-refractivity contribution in [1.82, 2.24) is 10.2 Å². The highest BCUT2D eigenvalue weighted by molar-refractivity contribution is 6.35. The highest BCUT2D eigenvalue weighted by Gasteiger charge is 2.10. The van der Waals surface area contributed by atoms with Crippen molar-refractivity contribution in [2.45, 2.75) is 0 Å². The number of nitrogens with one attached hydrogen (secondary N) is 1. The second kappa shape index (κ2) is 7.29. The fourth-order valence-electron chi connectivity index (χ4n) is 1.91. The van der Waals surface area contributed by atoms with E-state index in [4.69, 9.17) is 27.6 Å². The van der Waals surface area contributed by atoms with Crippen LogP contribution in [0.5, 0.6) is 0 Å². The van der Waals surface area contributed by atoms with E-state index in [2.05, 4.69) is 15.5 Å². The van der Waals surface area contributed by atoms with Gasteiger partial charge >= 0.3 is 6.01 Å². The molecule has 0 unspecified atom stereocenters. The van der Waals surface area contributed by atoms with Crippen molar-refractivity contribution in [1.29, 1.82) is 0 Å². The van der Waals surface area contributed by atoms with Crippen LogP contribution in [0.4, 0.5) is 6.01 Å². The van der Waals surface area contributed by atoms with Crippen LogP contribution < -0.4 is 5.32 Å². The zero-order valence-corrected chi connectivity index (χ0v) is 13.8. The van der Waals surface area contributed by atoms with Gasteiger partial charge in [0.15, 0.2) is 0 Å². The van der Waals surface area contributed by atoms with Gasteiger partial charge in [0.1, 0.15) is 0 Å². The number of carbonyl (C=O) groups is 1. The number of carbonyl (C=O) groups excluding carboxylic acids is 1. The van der Waals surface area contributed by atoms with Crippen LogP contribution in [0.1, 0.15) is 21.8 Å². The van der Waals surface area contributed by atoms with E-state index in [1.54, 1.807) is 54.6 Å². The first-order valence-electron chi connectivity index (χ1n) is 6.95. The molecule has 24 heavy (non-hydrogen) atoms. The van der Waals surface area contributed by atoms with Crippen LogP contribution in [-0.4, -0.2) is 16.1 Å². The Balaban J connectivity index is 1.69. The first-order valence-corrected chi connectivity index (χ1v) is 7.70. The molecule has 7 heteroatoms. The number of benzene rings is 2. The topological polar surface area (TPSA) is 68.0 Å². The Morgan fingerprint density at radius 2 is 1.83 bits per heavy atom. The molecular weight excluding hydrogens is 349 g/mol. The molecule has 0 aliphatic heterocycles. The zero-order valence-electron chi connectivity index (χ0n) is 12.2. The number of nitrogens with zero attached hydrogens (tertiary/aromatic N) is 2. The lowest BCUT2D eigenvalue weighted by atomic mass is 10.2. The lowest BCUT2D eigenvalue weighted by Crippen LogP contribution is -2.11. The first-order chi connectivity index (χ1) is 11.6. The molecule has 0 radical (unpaired) electrons. The van der Waals surface area contributed by atoms with Gasteiger partial charge in [0.25, 0.3) is 5.91 Å². The fourth-order valence-corrected chi connectivity index (χ4v) is 2.38. The monoisotopic (exact) mass is 359 g/mol. The Labute approximate surface area is 147 Å². The van der Waals surface area contributed by atoms with Gasteiger partial charge in [0, 0.05) is 21.7 Å². The summed E-state index contributed by atoms with van der Waals surface area (Å²) in [5.41, 5.74) is 1.26. The molecule has 0 atom stereocenters. The Bertz CT molecular complexity index is 892. The van der Waals surface area contributed by atoms with Crippen molar-refractivity contribution in [3.8, 4) is 0 Å². The van der Waals surface area contributed by atoms with Crippen LogP contribution >= 0.6 is 23.2 Å². The van der Waals surface area contributed by atoms with E-state index in [-0.39, 0.29) is 17.8 Å². The summed E-state index contributed by atoms with van der Waals surface area (Å²) in [6.07, 6.45) is 3.31. The van der Waals surface area contributed by atoms with Gasteiger partial charge in [-0.15, -0.1) is 5.10 Å². The minimum Gasteiger partial charge on any atom is -0.404 e. The van der Waals surface area contributed by atoms with Gasteiger partial charge in [0.2, 0.25) is 5.89 Å². The molecule has 3 aromatic rings. The lowest BCUT2D eigenvalue weighted by molar-refractivity contribution is 0.102. The zero-order chi connectivity index (χ0) is 16.9. The molecule has 2 aromatic carbocycles. The van der Waals surface area contributed by atoms with E-state index in [0.717, 1.165) is 5.56 Å². The average Bonchev–Trinajstić information content (AvgIpc) is 3.02. The molecule has 0 saturated carbocycles. The van der Waals surface area contributed by atoms with Gasteiger partial charge in [-0.2, -0.15) is 0 Å². The molecule has 0 saturated heterocycles. The highest BCUT2D eigenvalue weighted by Crippen LogP contribution is 2.22. The normalized spacial score (nSPS) is 10.9. The number of hydrogen-bond acceptors (Lipinski definition) is 4. The quantitative estimate of drug-likeness (QED) is 0.726. The van der Waals surface area contributed by atoms with E-state index >= 15 is 0 Å². The maximum absolute atomic E-state index is 12.0. The number of aromatic nitrogens is 2. The second-order valence-electron chi connectivity index (χ2n) is 4.76. The summed E-state index contributed by atoms with van der Waals surface area (Å²) >= 11 is 11.9. The summed E-state index contributed by atoms with van der Waals surface area (Å²) in [7, 11) is 0. The van der Waals surface area contributed by atoms with Crippen molar-refractivity contribution >= 4 is 47.3 Å². The van der Waals surface area contributed by atoms with Crippen LogP contribution in [0.15, 0.2) is 52.9 Å². The summed E-state index contributed by atoms with van der Waals surface area (Å²) in [4.78, 5) is 12.0. The van der Waals surface area contributed by atoms with Gasteiger partial charge in [0.05, 0.1) is 0 Å². The van der Waals surface area contributed by atoms with Crippen molar-refractivity contribution in [3.63, 3.8) is 0 Å². The summed E-state index contributed by atoms with van der Waals surface area (Å²) in [5.74, 6) is -0.0834. The van der Waals surface area contributed by atoms with E-state index in [9.17, 15) is 4.79 Å². The van der Waals surface area contributed by atoms with E-state index in [1.807, 2.05) is 6.07 Å². The van der Waals surface area contributed by atoms with Gasteiger partial charge in [-0.25, -0.2) is 0 Å². The largest absolute Gasteiger partial charge is 0.404 e. The van der Waals surface area contributed by atoms with Crippen molar-refractivity contribution in [2.24, 2.45) is 0 Å². The smallest absolute Gasteiger partial charge is 0.322 e. The third kappa shape index (κ3) is 4.01. The van der Waals surface area contributed by atoms with Crippen LogP contribution in [0.25, 0.3) is 12.2 Å².